The second-order valence-electron chi connectivity index (χ2n) is 4.77. The van der Waals surface area contributed by atoms with E-state index in [0.717, 1.165) is 11.3 Å². The third-order valence-electron chi connectivity index (χ3n) is 2.95. The molecule has 0 saturated carbocycles. The summed E-state index contributed by atoms with van der Waals surface area (Å²) in [6.07, 6.45) is 0. The van der Waals surface area contributed by atoms with Crippen molar-refractivity contribution in [2.75, 3.05) is 27.4 Å². The van der Waals surface area contributed by atoms with Crippen LogP contribution in [-0.4, -0.2) is 52.1 Å². The predicted octanol–water partition coefficient (Wildman–Crippen LogP) is 1.89. The number of carbonyl (C=O) groups excluding carboxylic acids is 1. The Balaban J connectivity index is 3.34. The molecule has 0 aliphatic carbocycles. The number of ether oxygens (including phenoxy) is 2. The average molecular weight is 335 g/mol. The average Bonchev–Trinajstić information content (AvgIpc) is 2.80. The lowest BCUT2D eigenvalue weighted by Crippen LogP contribution is -2.39. The van der Waals surface area contributed by atoms with Crippen molar-refractivity contribution in [1.29, 1.82) is 0 Å². The minimum Gasteiger partial charge on any atom is -0.465 e. The van der Waals surface area contributed by atoms with Crippen LogP contribution in [0.15, 0.2) is 10.3 Å². The maximum atomic E-state index is 12.9. The van der Waals surface area contributed by atoms with Gasteiger partial charge in [0, 0.05) is 19.7 Å². The van der Waals surface area contributed by atoms with Gasteiger partial charge in [0.05, 0.1) is 13.7 Å². The number of rotatable bonds is 7. The summed E-state index contributed by atoms with van der Waals surface area (Å²) in [6.45, 7) is 5.75. The topological polar surface area (TPSA) is 72.9 Å². The van der Waals surface area contributed by atoms with Crippen molar-refractivity contribution in [2.24, 2.45) is 0 Å². The first kappa shape index (κ1) is 18.1. The molecule has 1 aromatic rings. The minimum atomic E-state index is -3.78. The molecule has 0 fully saturated rings. The predicted molar refractivity (Wildman–Crippen MR) is 81.3 cm³/mol. The zero-order chi connectivity index (χ0) is 16.2. The van der Waals surface area contributed by atoms with Crippen LogP contribution in [0.5, 0.6) is 0 Å². The summed E-state index contributed by atoms with van der Waals surface area (Å²) < 4.78 is 36.7. The van der Waals surface area contributed by atoms with E-state index >= 15 is 0 Å². The van der Waals surface area contributed by atoms with E-state index in [0.29, 0.717) is 5.56 Å². The Morgan fingerprint density at radius 3 is 2.48 bits per heavy atom. The van der Waals surface area contributed by atoms with Crippen molar-refractivity contribution in [1.82, 2.24) is 4.31 Å². The number of aryl methyl sites for hydroxylation is 1. The normalized spacial score (nSPS) is 12.1. The highest BCUT2D eigenvalue weighted by molar-refractivity contribution is 7.89. The SMILES string of the molecule is COCCN(C(C)C)S(=O)(=O)c1c(C)csc1C(=O)OC. The molecule has 0 atom stereocenters. The van der Waals surface area contributed by atoms with Crippen LogP contribution in [0.25, 0.3) is 0 Å². The zero-order valence-corrected chi connectivity index (χ0v) is 14.5. The van der Waals surface area contributed by atoms with Gasteiger partial charge in [0.25, 0.3) is 0 Å². The smallest absolute Gasteiger partial charge is 0.349 e. The van der Waals surface area contributed by atoms with Crippen LogP contribution in [0, 0.1) is 6.92 Å². The van der Waals surface area contributed by atoms with E-state index in [1.807, 2.05) is 0 Å². The highest BCUT2D eigenvalue weighted by Gasteiger charge is 2.33. The van der Waals surface area contributed by atoms with Crippen LogP contribution in [0.2, 0.25) is 0 Å². The summed E-state index contributed by atoms with van der Waals surface area (Å²) in [5.41, 5.74) is 0.545. The van der Waals surface area contributed by atoms with Gasteiger partial charge in [-0.3, -0.25) is 0 Å². The molecule has 6 nitrogen and oxygen atoms in total. The molecule has 0 saturated heterocycles. The van der Waals surface area contributed by atoms with Crippen LogP contribution in [0.3, 0.4) is 0 Å². The second kappa shape index (κ2) is 7.35. The lowest BCUT2D eigenvalue weighted by Gasteiger charge is -2.26. The Labute approximate surface area is 129 Å². The molecule has 0 radical (unpaired) electrons. The van der Waals surface area contributed by atoms with Gasteiger partial charge in [-0.2, -0.15) is 4.31 Å². The molecule has 1 rings (SSSR count). The molecule has 0 spiro atoms. The van der Waals surface area contributed by atoms with Gasteiger partial charge in [0.1, 0.15) is 9.77 Å². The number of hydrogen-bond acceptors (Lipinski definition) is 6. The summed E-state index contributed by atoms with van der Waals surface area (Å²) in [4.78, 5) is 11.9. The quantitative estimate of drug-likeness (QED) is 0.712. The molecule has 0 unspecified atom stereocenters. The fourth-order valence-electron chi connectivity index (χ4n) is 1.94. The van der Waals surface area contributed by atoms with Crippen LogP contribution in [0.1, 0.15) is 29.1 Å². The third-order valence-corrected chi connectivity index (χ3v) is 6.42. The summed E-state index contributed by atoms with van der Waals surface area (Å²) >= 11 is 1.08. The molecule has 1 aromatic heterocycles. The molecule has 8 heteroatoms. The number of hydrogen-bond donors (Lipinski definition) is 0. The molecular weight excluding hydrogens is 314 g/mol. The van der Waals surface area contributed by atoms with Crippen molar-refractivity contribution in [3.8, 4) is 0 Å². The van der Waals surface area contributed by atoms with Crippen molar-refractivity contribution in [3.05, 3.63) is 15.8 Å². The highest BCUT2D eigenvalue weighted by Crippen LogP contribution is 2.30. The van der Waals surface area contributed by atoms with Gasteiger partial charge in [-0.25, -0.2) is 13.2 Å². The van der Waals surface area contributed by atoms with Gasteiger partial charge >= 0.3 is 5.97 Å². The maximum absolute atomic E-state index is 12.9. The number of esters is 1. The summed E-state index contributed by atoms with van der Waals surface area (Å²) in [5, 5.41) is 1.65. The molecule has 0 amide bonds. The minimum absolute atomic E-state index is 0.0316. The number of sulfonamides is 1. The summed E-state index contributed by atoms with van der Waals surface area (Å²) in [6, 6.07) is -0.241. The van der Waals surface area contributed by atoms with Gasteiger partial charge in [-0.1, -0.05) is 0 Å². The van der Waals surface area contributed by atoms with Gasteiger partial charge in [-0.15, -0.1) is 11.3 Å². The summed E-state index contributed by atoms with van der Waals surface area (Å²) in [7, 11) is -1.03. The Bertz CT molecular complexity index is 592. The van der Waals surface area contributed by atoms with E-state index in [9.17, 15) is 13.2 Å². The number of carbonyl (C=O) groups is 1. The van der Waals surface area contributed by atoms with Gasteiger partial charge in [0.2, 0.25) is 10.0 Å². The van der Waals surface area contributed by atoms with Crippen molar-refractivity contribution >= 4 is 27.3 Å². The monoisotopic (exact) mass is 335 g/mol. The van der Waals surface area contributed by atoms with Crippen LogP contribution >= 0.6 is 11.3 Å². The van der Waals surface area contributed by atoms with Crippen LogP contribution < -0.4 is 0 Å². The lowest BCUT2D eigenvalue weighted by molar-refractivity contribution is 0.0602. The van der Waals surface area contributed by atoms with Gasteiger partial charge in [0.15, 0.2) is 0 Å². The summed E-state index contributed by atoms with van der Waals surface area (Å²) in [5.74, 6) is -0.637. The number of methoxy groups -OCH3 is 2. The fraction of sp³-hybridized carbons (Fsp3) is 0.615. The largest absolute Gasteiger partial charge is 0.465 e. The third kappa shape index (κ3) is 3.82. The van der Waals surface area contributed by atoms with E-state index < -0.39 is 16.0 Å². The Kier molecular flexibility index (Phi) is 6.33. The van der Waals surface area contributed by atoms with Gasteiger partial charge in [-0.05, 0) is 31.7 Å². The Morgan fingerprint density at radius 2 is 2.00 bits per heavy atom. The first-order valence-corrected chi connectivity index (χ1v) is 8.76. The highest BCUT2D eigenvalue weighted by atomic mass is 32.2. The fourth-order valence-corrected chi connectivity index (χ4v) is 5.22. The van der Waals surface area contributed by atoms with Gasteiger partial charge < -0.3 is 9.47 Å². The molecule has 21 heavy (non-hydrogen) atoms. The standard InChI is InChI=1S/C13H21NO5S2/c1-9(2)14(6-7-18-4)21(16,17)12-10(3)8-20-11(12)13(15)19-5/h8-9H,6-7H2,1-5H3. The van der Waals surface area contributed by atoms with E-state index in [2.05, 4.69) is 4.74 Å². The molecule has 0 bridgehead atoms. The van der Waals surface area contributed by atoms with Crippen LogP contribution in [0.4, 0.5) is 0 Å². The first-order valence-electron chi connectivity index (χ1n) is 6.44. The molecular formula is C13H21NO5S2. The number of thiophene rings is 1. The van der Waals surface area contributed by atoms with Crippen molar-refractivity contribution in [2.45, 2.75) is 31.7 Å². The lowest BCUT2D eigenvalue weighted by atomic mass is 10.3. The maximum Gasteiger partial charge on any atom is 0.349 e. The van der Waals surface area contributed by atoms with E-state index in [-0.39, 0.29) is 29.0 Å². The molecule has 0 N–H and O–H groups in total. The molecule has 1 heterocycles. The second-order valence-corrected chi connectivity index (χ2v) is 7.48. The van der Waals surface area contributed by atoms with Crippen molar-refractivity contribution < 1.29 is 22.7 Å². The first-order chi connectivity index (χ1) is 9.77. The van der Waals surface area contributed by atoms with Crippen molar-refractivity contribution in [3.63, 3.8) is 0 Å². The molecule has 120 valence electrons. The van der Waals surface area contributed by atoms with E-state index in [1.54, 1.807) is 26.2 Å². The zero-order valence-electron chi connectivity index (χ0n) is 12.9. The van der Waals surface area contributed by atoms with E-state index in [4.69, 9.17) is 4.74 Å². The molecule has 0 aliphatic heterocycles. The van der Waals surface area contributed by atoms with Crippen LogP contribution in [-0.2, 0) is 19.5 Å². The Hall–Kier alpha value is -0.960. The number of nitrogens with zero attached hydrogens (tertiary/aromatic N) is 1. The Morgan fingerprint density at radius 1 is 1.38 bits per heavy atom. The molecule has 0 aromatic carbocycles. The van der Waals surface area contributed by atoms with E-state index in [1.165, 1.54) is 18.5 Å². The molecule has 0 aliphatic rings.